The summed E-state index contributed by atoms with van der Waals surface area (Å²) >= 11 is 0. The van der Waals surface area contributed by atoms with E-state index in [-0.39, 0.29) is 11.3 Å². The quantitative estimate of drug-likeness (QED) is 0.753. The van der Waals surface area contributed by atoms with Gasteiger partial charge in [0.2, 0.25) is 0 Å². The number of hydrogen-bond donors (Lipinski definition) is 0. The third-order valence-electron chi connectivity index (χ3n) is 1.68. The second kappa shape index (κ2) is 4.87. The van der Waals surface area contributed by atoms with E-state index in [1.165, 1.54) is 24.3 Å². The van der Waals surface area contributed by atoms with Gasteiger partial charge in [-0.1, -0.05) is 12.1 Å². The van der Waals surface area contributed by atoms with Gasteiger partial charge in [-0.3, -0.25) is 0 Å². The van der Waals surface area contributed by atoms with Crippen LogP contribution in [0.1, 0.15) is 10.4 Å². The molecule has 16 heavy (non-hydrogen) atoms. The van der Waals surface area contributed by atoms with Crippen molar-refractivity contribution in [3.63, 3.8) is 0 Å². The number of ether oxygens (including phenoxy) is 2. The van der Waals surface area contributed by atoms with Gasteiger partial charge < -0.3 is 9.47 Å². The van der Waals surface area contributed by atoms with Crippen LogP contribution in [0.25, 0.3) is 0 Å². The van der Waals surface area contributed by atoms with Crippen LogP contribution in [0.5, 0.6) is 5.75 Å². The van der Waals surface area contributed by atoms with Gasteiger partial charge in [-0.05, 0) is 12.1 Å². The van der Waals surface area contributed by atoms with Crippen molar-refractivity contribution in [1.82, 2.24) is 0 Å². The zero-order chi connectivity index (χ0) is 12.2. The van der Waals surface area contributed by atoms with Crippen molar-refractivity contribution in [2.75, 3.05) is 13.7 Å². The van der Waals surface area contributed by atoms with E-state index in [0.29, 0.717) is 0 Å². The van der Waals surface area contributed by atoms with E-state index in [1.54, 1.807) is 0 Å². The molecule has 0 saturated carbocycles. The molecule has 0 aromatic heterocycles. The second-order valence-corrected chi connectivity index (χ2v) is 2.89. The fraction of sp³-hybridized carbons (Fsp3) is 0.300. The topological polar surface area (TPSA) is 35.5 Å². The number of carbonyl (C=O) groups excluding carboxylic acids is 1. The number of hydrogen-bond acceptors (Lipinski definition) is 3. The van der Waals surface area contributed by atoms with Crippen molar-refractivity contribution >= 4 is 5.97 Å². The maximum atomic E-state index is 11.9. The van der Waals surface area contributed by atoms with E-state index >= 15 is 0 Å². The Bertz CT molecular complexity index is 374. The first-order valence-corrected chi connectivity index (χ1v) is 4.31. The number of rotatable bonds is 3. The van der Waals surface area contributed by atoms with E-state index < -0.39 is 18.8 Å². The molecule has 1 aromatic carbocycles. The van der Waals surface area contributed by atoms with Crippen molar-refractivity contribution in [3.8, 4) is 5.75 Å². The highest BCUT2D eigenvalue weighted by Gasteiger charge is 2.29. The Morgan fingerprint density at radius 1 is 1.31 bits per heavy atom. The molecular weight excluding hydrogens is 225 g/mol. The summed E-state index contributed by atoms with van der Waals surface area (Å²) in [6, 6.07) is 5.58. The summed E-state index contributed by atoms with van der Waals surface area (Å²) in [6.07, 6.45) is -4.44. The van der Waals surface area contributed by atoms with Gasteiger partial charge >= 0.3 is 12.1 Å². The molecule has 0 saturated heterocycles. The fourth-order valence-corrected chi connectivity index (χ4v) is 1.03. The Hall–Kier alpha value is -1.72. The minimum Gasteiger partial charge on any atom is -0.483 e. The maximum Gasteiger partial charge on any atom is 0.422 e. The van der Waals surface area contributed by atoms with Crippen LogP contribution < -0.4 is 4.74 Å². The maximum absolute atomic E-state index is 11.9. The lowest BCUT2D eigenvalue weighted by Crippen LogP contribution is -2.20. The highest BCUT2D eigenvalue weighted by Crippen LogP contribution is 2.22. The lowest BCUT2D eigenvalue weighted by atomic mass is 10.2. The van der Waals surface area contributed by atoms with Crippen molar-refractivity contribution in [2.45, 2.75) is 6.18 Å². The third-order valence-corrected chi connectivity index (χ3v) is 1.68. The predicted octanol–water partition coefficient (Wildman–Crippen LogP) is 2.41. The first-order chi connectivity index (χ1) is 7.44. The molecule has 0 unspecified atom stereocenters. The first-order valence-electron chi connectivity index (χ1n) is 4.31. The normalized spacial score (nSPS) is 11.0. The lowest BCUT2D eigenvalue weighted by Gasteiger charge is -2.11. The molecule has 0 radical (unpaired) electrons. The van der Waals surface area contributed by atoms with E-state index in [0.717, 1.165) is 7.11 Å². The lowest BCUT2D eigenvalue weighted by molar-refractivity contribution is -0.153. The number of esters is 1. The zero-order valence-corrected chi connectivity index (χ0v) is 8.38. The highest BCUT2D eigenvalue weighted by atomic mass is 19.4. The van der Waals surface area contributed by atoms with Gasteiger partial charge in [0.05, 0.1) is 7.11 Å². The Labute approximate surface area is 89.8 Å². The molecule has 0 aliphatic rings. The van der Waals surface area contributed by atoms with Crippen LogP contribution in [0, 0.1) is 0 Å². The van der Waals surface area contributed by atoms with Crippen LogP contribution in [-0.4, -0.2) is 25.9 Å². The Morgan fingerprint density at radius 2 is 1.94 bits per heavy atom. The molecule has 0 aliphatic heterocycles. The van der Waals surface area contributed by atoms with Crippen molar-refractivity contribution in [3.05, 3.63) is 29.8 Å². The minimum atomic E-state index is -4.44. The molecule has 0 amide bonds. The molecule has 0 bridgehead atoms. The van der Waals surface area contributed by atoms with Gasteiger partial charge in [0, 0.05) is 0 Å². The molecule has 0 N–H and O–H groups in total. The standard InChI is InChI=1S/C10H9F3O3/c1-15-9(14)7-4-2-3-5-8(7)16-6-10(11,12)13/h2-5H,6H2,1H3. The number of benzene rings is 1. The largest absolute Gasteiger partial charge is 0.483 e. The van der Waals surface area contributed by atoms with Crippen LogP contribution in [0.3, 0.4) is 0 Å². The molecule has 0 heterocycles. The summed E-state index contributed by atoms with van der Waals surface area (Å²) in [5.41, 5.74) is -0.0331. The smallest absolute Gasteiger partial charge is 0.422 e. The van der Waals surface area contributed by atoms with E-state index in [2.05, 4.69) is 9.47 Å². The molecule has 1 aromatic rings. The molecule has 0 aliphatic carbocycles. The summed E-state index contributed by atoms with van der Waals surface area (Å²) in [6.45, 7) is -1.44. The Morgan fingerprint density at radius 3 is 2.50 bits per heavy atom. The molecule has 88 valence electrons. The molecule has 0 fully saturated rings. The van der Waals surface area contributed by atoms with Crippen molar-refractivity contribution in [2.24, 2.45) is 0 Å². The second-order valence-electron chi connectivity index (χ2n) is 2.89. The van der Waals surface area contributed by atoms with Crippen LogP contribution in [0.2, 0.25) is 0 Å². The van der Waals surface area contributed by atoms with Crippen LogP contribution >= 0.6 is 0 Å². The summed E-state index contributed by atoms with van der Waals surface area (Å²) < 4.78 is 44.7. The highest BCUT2D eigenvalue weighted by molar-refractivity contribution is 5.92. The molecule has 0 atom stereocenters. The number of halogens is 3. The average molecular weight is 234 g/mol. The SMILES string of the molecule is COC(=O)c1ccccc1OCC(F)(F)F. The van der Waals surface area contributed by atoms with Gasteiger partial charge in [0.25, 0.3) is 0 Å². The zero-order valence-electron chi connectivity index (χ0n) is 8.38. The van der Waals surface area contributed by atoms with Crippen LogP contribution in [0.15, 0.2) is 24.3 Å². The van der Waals surface area contributed by atoms with Crippen molar-refractivity contribution in [1.29, 1.82) is 0 Å². The number of methoxy groups -OCH3 is 1. The van der Waals surface area contributed by atoms with Gasteiger partial charge in [-0.15, -0.1) is 0 Å². The minimum absolute atomic E-state index is 0.0331. The predicted molar refractivity (Wildman–Crippen MR) is 49.3 cm³/mol. The van der Waals surface area contributed by atoms with Crippen LogP contribution in [0.4, 0.5) is 13.2 Å². The molecule has 3 nitrogen and oxygen atoms in total. The van der Waals surface area contributed by atoms with E-state index in [4.69, 9.17) is 0 Å². The van der Waals surface area contributed by atoms with Gasteiger partial charge in [-0.25, -0.2) is 4.79 Å². The number of carbonyl (C=O) groups is 1. The molecule has 6 heteroatoms. The average Bonchev–Trinajstić information content (AvgIpc) is 2.25. The Kier molecular flexibility index (Phi) is 3.76. The summed E-state index contributed by atoms with van der Waals surface area (Å²) in [5, 5.41) is 0. The third kappa shape index (κ3) is 3.45. The summed E-state index contributed by atoms with van der Waals surface area (Å²) in [7, 11) is 1.14. The van der Waals surface area contributed by atoms with Gasteiger partial charge in [0.1, 0.15) is 11.3 Å². The number of alkyl halides is 3. The summed E-state index contributed by atoms with van der Waals surface area (Å²) in [4.78, 5) is 11.2. The van der Waals surface area contributed by atoms with E-state index in [1.807, 2.05) is 0 Å². The van der Waals surface area contributed by atoms with Crippen LogP contribution in [-0.2, 0) is 4.74 Å². The molecule has 1 rings (SSSR count). The first kappa shape index (κ1) is 12.4. The van der Waals surface area contributed by atoms with Gasteiger partial charge in [0.15, 0.2) is 6.61 Å². The molecule has 0 spiro atoms. The van der Waals surface area contributed by atoms with E-state index in [9.17, 15) is 18.0 Å². The van der Waals surface area contributed by atoms with Crippen molar-refractivity contribution < 1.29 is 27.4 Å². The number of para-hydroxylation sites is 1. The Balaban J connectivity index is 2.83. The monoisotopic (exact) mass is 234 g/mol. The van der Waals surface area contributed by atoms with Gasteiger partial charge in [-0.2, -0.15) is 13.2 Å². The fourth-order valence-electron chi connectivity index (χ4n) is 1.03. The molecular formula is C10H9F3O3. The summed E-state index contributed by atoms with van der Waals surface area (Å²) in [5.74, 6) is -0.885.